The summed E-state index contributed by atoms with van der Waals surface area (Å²) in [6.07, 6.45) is 21.5. The number of hydrogen-bond donors (Lipinski definition) is 3. The Bertz CT molecular complexity index is 678. The van der Waals surface area contributed by atoms with Crippen LogP contribution in [0.3, 0.4) is 0 Å². The average Bonchev–Trinajstić information content (AvgIpc) is 3.22. The second-order valence-corrected chi connectivity index (χ2v) is 15.2. The van der Waals surface area contributed by atoms with Gasteiger partial charge >= 0.3 is 0 Å². The molecule has 0 aromatic rings. The normalized spacial score (nSPS) is 40.3. The van der Waals surface area contributed by atoms with Crippen molar-refractivity contribution in [3.05, 3.63) is 0 Å². The smallest absolute Gasteiger partial charge is 0.00701 e. The second-order valence-electron chi connectivity index (χ2n) is 15.2. The molecule has 0 bridgehead atoms. The lowest BCUT2D eigenvalue weighted by atomic mass is 9.44. The number of rotatable bonds is 14. The summed E-state index contributed by atoms with van der Waals surface area (Å²) in [5.74, 6) is 6.82. The Kier molecular flexibility index (Phi) is 10.9. The zero-order valence-electron chi connectivity index (χ0n) is 25.6. The molecule has 0 heterocycles. The molecule has 3 heteroatoms. The molecule has 0 spiro atoms. The van der Waals surface area contributed by atoms with Gasteiger partial charge in [-0.15, -0.1) is 0 Å². The van der Waals surface area contributed by atoms with Gasteiger partial charge in [0.25, 0.3) is 0 Å². The van der Waals surface area contributed by atoms with E-state index in [1.807, 2.05) is 0 Å². The van der Waals surface area contributed by atoms with Crippen LogP contribution in [0, 0.1) is 52.3 Å². The van der Waals surface area contributed by atoms with Gasteiger partial charge in [-0.2, -0.15) is 0 Å². The quantitative estimate of drug-likeness (QED) is 0.207. The summed E-state index contributed by atoms with van der Waals surface area (Å²) in [5, 5.41) is 7.56. The molecule has 0 aliphatic heterocycles. The maximum Gasteiger partial charge on any atom is 0.00701 e. The summed E-state index contributed by atoms with van der Waals surface area (Å²) < 4.78 is 0. The fourth-order valence-electron chi connectivity index (χ4n) is 10.5. The summed E-state index contributed by atoms with van der Waals surface area (Å²) >= 11 is 0. The van der Waals surface area contributed by atoms with Crippen molar-refractivity contribution in [3.8, 4) is 0 Å². The molecule has 37 heavy (non-hydrogen) atoms. The molecule has 4 saturated carbocycles. The fourth-order valence-corrected chi connectivity index (χ4v) is 10.5. The predicted octanol–water partition coefficient (Wildman–Crippen LogP) is 7.78. The van der Waals surface area contributed by atoms with E-state index in [0.717, 1.165) is 73.5 Å². The van der Waals surface area contributed by atoms with Gasteiger partial charge in [0.05, 0.1) is 0 Å². The van der Waals surface area contributed by atoms with Crippen LogP contribution in [0.5, 0.6) is 0 Å². The highest BCUT2D eigenvalue weighted by Gasteiger charge is 2.60. The van der Waals surface area contributed by atoms with Crippen molar-refractivity contribution in [2.45, 2.75) is 137 Å². The van der Waals surface area contributed by atoms with Crippen molar-refractivity contribution in [2.75, 3.05) is 26.2 Å². The molecule has 1 unspecified atom stereocenters. The van der Waals surface area contributed by atoms with Crippen LogP contribution in [0.4, 0.5) is 0 Å². The Morgan fingerprint density at radius 3 is 2.30 bits per heavy atom. The van der Waals surface area contributed by atoms with Crippen molar-refractivity contribution in [2.24, 2.45) is 58.0 Å². The van der Waals surface area contributed by atoms with Crippen LogP contribution in [0.2, 0.25) is 0 Å². The maximum atomic E-state index is 5.59. The van der Waals surface area contributed by atoms with Crippen molar-refractivity contribution in [3.63, 3.8) is 0 Å². The largest absolute Gasteiger partial charge is 0.330 e. The number of hydrogen-bond acceptors (Lipinski definition) is 3. The highest BCUT2D eigenvalue weighted by atomic mass is 14.9. The van der Waals surface area contributed by atoms with E-state index in [9.17, 15) is 0 Å². The third kappa shape index (κ3) is 6.79. The van der Waals surface area contributed by atoms with Gasteiger partial charge in [-0.25, -0.2) is 0 Å². The first-order valence-corrected chi connectivity index (χ1v) is 16.9. The molecule has 0 saturated heterocycles. The Morgan fingerprint density at radius 2 is 1.51 bits per heavy atom. The molecule has 0 radical (unpaired) electrons. The molecule has 3 nitrogen and oxygen atoms in total. The van der Waals surface area contributed by atoms with E-state index in [-0.39, 0.29) is 0 Å². The van der Waals surface area contributed by atoms with E-state index in [1.165, 1.54) is 83.6 Å². The Hall–Kier alpha value is -0.120. The number of fused-ring (bicyclic) bond motifs is 5. The number of unbranched alkanes of at least 4 members (excludes halogenated alkanes) is 1. The minimum atomic E-state index is 0.619. The lowest BCUT2D eigenvalue weighted by molar-refractivity contribution is -0.118. The Morgan fingerprint density at radius 1 is 0.757 bits per heavy atom. The van der Waals surface area contributed by atoms with Gasteiger partial charge in [0.15, 0.2) is 0 Å². The van der Waals surface area contributed by atoms with E-state index in [1.54, 1.807) is 12.8 Å². The molecule has 9 atom stereocenters. The summed E-state index contributed by atoms with van der Waals surface area (Å²) in [6, 6.07) is 0.767. The third-order valence-electron chi connectivity index (χ3n) is 12.6. The van der Waals surface area contributed by atoms with E-state index in [2.05, 4.69) is 45.3 Å². The van der Waals surface area contributed by atoms with Crippen LogP contribution >= 0.6 is 0 Å². The highest BCUT2D eigenvalue weighted by Crippen LogP contribution is 2.68. The first-order chi connectivity index (χ1) is 17.8. The zero-order chi connectivity index (χ0) is 26.5. The van der Waals surface area contributed by atoms with Gasteiger partial charge in [-0.05, 0) is 155 Å². The molecular formula is C34H65N3. The minimum Gasteiger partial charge on any atom is -0.330 e. The van der Waals surface area contributed by atoms with Gasteiger partial charge in [-0.3, -0.25) is 0 Å². The van der Waals surface area contributed by atoms with Gasteiger partial charge in [0, 0.05) is 6.04 Å². The van der Waals surface area contributed by atoms with Gasteiger partial charge < -0.3 is 16.4 Å². The third-order valence-corrected chi connectivity index (χ3v) is 12.6. The number of nitrogens with two attached hydrogens (primary N) is 1. The van der Waals surface area contributed by atoms with Crippen LogP contribution in [0.1, 0.15) is 131 Å². The highest BCUT2D eigenvalue weighted by molar-refractivity contribution is 5.10. The SMILES string of the molecule is CC(C)CCCC(C)[C@H]1CC[C@H]2[C@@H]3CC[C@H]4C[C@H](NCCCNCCCCN)CC[C@]4(C)[C@H]3CC[C@]12C. The van der Waals surface area contributed by atoms with Crippen molar-refractivity contribution in [1.29, 1.82) is 0 Å². The van der Waals surface area contributed by atoms with Crippen LogP contribution in [0.15, 0.2) is 0 Å². The molecule has 4 aliphatic carbocycles. The molecule has 0 aromatic carbocycles. The number of nitrogens with one attached hydrogen (secondary N) is 2. The molecule has 4 aliphatic rings. The lowest BCUT2D eigenvalue weighted by Gasteiger charge is -2.61. The molecular weight excluding hydrogens is 450 g/mol. The molecule has 4 N–H and O–H groups in total. The maximum absolute atomic E-state index is 5.59. The average molecular weight is 516 g/mol. The van der Waals surface area contributed by atoms with Gasteiger partial charge in [-0.1, -0.05) is 53.9 Å². The monoisotopic (exact) mass is 516 g/mol. The molecule has 0 aromatic heterocycles. The summed E-state index contributed by atoms with van der Waals surface area (Å²) in [5.41, 5.74) is 6.85. The second kappa shape index (κ2) is 13.5. The topological polar surface area (TPSA) is 50.1 Å². The fraction of sp³-hybridized carbons (Fsp3) is 1.00. The van der Waals surface area contributed by atoms with Crippen LogP contribution < -0.4 is 16.4 Å². The van der Waals surface area contributed by atoms with Crippen LogP contribution in [-0.2, 0) is 0 Å². The molecule has 0 amide bonds. The van der Waals surface area contributed by atoms with Crippen molar-refractivity contribution in [1.82, 2.24) is 10.6 Å². The summed E-state index contributed by atoms with van der Waals surface area (Å²) in [6.45, 7) is 17.2. The van der Waals surface area contributed by atoms with Gasteiger partial charge in [0.2, 0.25) is 0 Å². The summed E-state index contributed by atoms with van der Waals surface area (Å²) in [7, 11) is 0. The van der Waals surface area contributed by atoms with E-state index < -0.39 is 0 Å². The molecule has 4 fully saturated rings. The first-order valence-electron chi connectivity index (χ1n) is 16.9. The van der Waals surface area contributed by atoms with E-state index in [0.29, 0.717) is 10.8 Å². The Labute approximate surface area is 231 Å². The van der Waals surface area contributed by atoms with Crippen LogP contribution in [-0.4, -0.2) is 32.2 Å². The molecule has 4 rings (SSSR count). The molecule has 216 valence electrons. The van der Waals surface area contributed by atoms with Crippen LogP contribution in [0.25, 0.3) is 0 Å². The predicted molar refractivity (Wildman–Crippen MR) is 161 cm³/mol. The minimum absolute atomic E-state index is 0.619. The standard InChI is InChI=1S/C34H65N3/c1-25(2)10-8-11-26(3)30-14-15-31-29-13-12-27-24-28(37-23-9-22-36-21-7-6-20-35)16-18-33(27,4)32(29)17-19-34(30,31)5/h25-32,36-37H,6-24,35H2,1-5H3/t26?,27-,28+,29-,30+,31-,32-,33-,34+/m0/s1. The van der Waals surface area contributed by atoms with Gasteiger partial charge in [0.1, 0.15) is 0 Å². The van der Waals surface area contributed by atoms with E-state index >= 15 is 0 Å². The van der Waals surface area contributed by atoms with Crippen molar-refractivity contribution < 1.29 is 0 Å². The summed E-state index contributed by atoms with van der Waals surface area (Å²) in [4.78, 5) is 0. The van der Waals surface area contributed by atoms with Crippen molar-refractivity contribution >= 4 is 0 Å². The zero-order valence-corrected chi connectivity index (χ0v) is 25.6. The lowest BCUT2D eigenvalue weighted by Crippen LogP contribution is -2.55. The van der Waals surface area contributed by atoms with E-state index in [4.69, 9.17) is 5.73 Å². The first kappa shape index (κ1) is 29.9. The Balaban J connectivity index is 1.26.